The maximum absolute atomic E-state index is 12.7. The highest BCUT2D eigenvalue weighted by molar-refractivity contribution is 5.76. The summed E-state index contributed by atoms with van der Waals surface area (Å²) >= 11 is 0. The van der Waals surface area contributed by atoms with Crippen molar-refractivity contribution in [3.63, 3.8) is 0 Å². The normalized spacial score (nSPS) is 17.4. The maximum atomic E-state index is 12.7. The fourth-order valence-electron chi connectivity index (χ4n) is 4.05. The smallest absolute Gasteiger partial charge is 0.261 e. The van der Waals surface area contributed by atoms with Gasteiger partial charge in [-0.15, -0.1) is 0 Å². The molecule has 5 nitrogen and oxygen atoms in total. The second-order valence-electron chi connectivity index (χ2n) is 7.11. The molecule has 0 radical (unpaired) electrons. The molecule has 27 heavy (non-hydrogen) atoms. The molecular formula is C22H25N3O2. The molecule has 5 heteroatoms. The molecule has 1 aromatic heterocycles. The lowest BCUT2D eigenvalue weighted by atomic mass is 10.0. The maximum Gasteiger partial charge on any atom is 0.261 e. The third-order valence-corrected chi connectivity index (χ3v) is 5.51. The highest BCUT2D eigenvalue weighted by Gasteiger charge is 2.25. The van der Waals surface area contributed by atoms with E-state index in [9.17, 15) is 4.79 Å². The number of rotatable bonds is 6. The van der Waals surface area contributed by atoms with Crippen molar-refractivity contribution in [1.82, 2.24) is 14.5 Å². The first-order valence-electron chi connectivity index (χ1n) is 9.56. The van der Waals surface area contributed by atoms with Crippen LogP contribution in [0.25, 0.3) is 10.9 Å². The number of fused-ring (bicyclic) bond motifs is 1. The average Bonchev–Trinajstić information content (AvgIpc) is 3.15. The van der Waals surface area contributed by atoms with Gasteiger partial charge in [-0.1, -0.05) is 30.3 Å². The van der Waals surface area contributed by atoms with Crippen molar-refractivity contribution >= 4 is 10.9 Å². The second-order valence-corrected chi connectivity index (χ2v) is 7.11. The van der Waals surface area contributed by atoms with E-state index in [0.29, 0.717) is 18.0 Å². The van der Waals surface area contributed by atoms with E-state index in [1.165, 1.54) is 18.4 Å². The second kappa shape index (κ2) is 7.92. The predicted molar refractivity (Wildman–Crippen MR) is 107 cm³/mol. The Balaban J connectivity index is 1.46. The number of benzene rings is 2. The fourth-order valence-corrected chi connectivity index (χ4v) is 4.05. The highest BCUT2D eigenvalue weighted by atomic mass is 16.5. The van der Waals surface area contributed by atoms with Crippen LogP contribution < -0.4 is 10.3 Å². The average molecular weight is 363 g/mol. The summed E-state index contributed by atoms with van der Waals surface area (Å²) in [5.74, 6) is 0.958. The highest BCUT2D eigenvalue weighted by Crippen LogP contribution is 2.25. The van der Waals surface area contributed by atoms with Crippen molar-refractivity contribution in [3.05, 3.63) is 70.8 Å². The Hall–Kier alpha value is -2.66. The van der Waals surface area contributed by atoms with Gasteiger partial charge in [0.15, 0.2) is 0 Å². The van der Waals surface area contributed by atoms with Gasteiger partial charge in [0.05, 0.1) is 24.3 Å². The number of hydrogen-bond donors (Lipinski definition) is 0. The van der Waals surface area contributed by atoms with Crippen LogP contribution in [0, 0.1) is 0 Å². The zero-order chi connectivity index (χ0) is 18.6. The molecule has 1 unspecified atom stereocenters. The largest absolute Gasteiger partial charge is 0.496 e. The number of nitrogens with zero attached hydrogens (tertiary/aromatic N) is 3. The van der Waals surface area contributed by atoms with Gasteiger partial charge in [-0.05, 0) is 49.6 Å². The number of hydrogen-bond acceptors (Lipinski definition) is 4. The minimum Gasteiger partial charge on any atom is -0.496 e. The van der Waals surface area contributed by atoms with Crippen LogP contribution in [0.5, 0.6) is 5.75 Å². The van der Waals surface area contributed by atoms with Gasteiger partial charge in [0.2, 0.25) is 0 Å². The first-order valence-corrected chi connectivity index (χ1v) is 9.56. The lowest BCUT2D eigenvalue weighted by Gasteiger charge is -2.25. The Morgan fingerprint density at radius 3 is 2.81 bits per heavy atom. The fraction of sp³-hybridized carbons (Fsp3) is 0.364. The molecule has 0 amide bonds. The molecule has 0 aliphatic carbocycles. The van der Waals surface area contributed by atoms with Gasteiger partial charge in [-0.3, -0.25) is 14.3 Å². The van der Waals surface area contributed by atoms with Crippen molar-refractivity contribution in [2.45, 2.75) is 31.8 Å². The molecule has 1 atom stereocenters. The topological polar surface area (TPSA) is 47.4 Å². The van der Waals surface area contributed by atoms with E-state index < -0.39 is 0 Å². The van der Waals surface area contributed by atoms with Crippen molar-refractivity contribution in [2.24, 2.45) is 0 Å². The van der Waals surface area contributed by atoms with Crippen molar-refractivity contribution < 1.29 is 4.74 Å². The van der Waals surface area contributed by atoms with Gasteiger partial charge in [0.25, 0.3) is 5.56 Å². The van der Waals surface area contributed by atoms with Crippen LogP contribution in [-0.4, -0.2) is 40.7 Å². The van der Waals surface area contributed by atoms with Crippen molar-refractivity contribution in [2.75, 3.05) is 20.2 Å². The first kappa shape index (κ1) is 17.7. The number of para-hydroxylation sites is 2. The molecule has 0 bridgehead atoms. The van der Waals surface area contributed by atoms with Gasteiger partial charge in [-0.2, -0.15) is 0 Å². The quantitative estimate of drug-likeness (QED) is 0.675. The van der Waals surface area contributed by atoms with Gasteiger partial charge in [0.1, 0.15) is 5.75 Å². The summed E-state index contributed by atoms with van der Waals surface area (Å²) in [7, 11) is 1.73. The van der Waals surface area contributed by atoms with Crippen LogP contribution in [0.15, 0.2) is 59.7 Å². The Bertz CT molecular complexity index is 982. The van der Waals surface area contributed by atoms with Crippen LogP contribution in [0.2, 0.25) is 0 Å². The van der Waals surface area contributed by atoms with Crippen LogP contribution in [0.1, 0.15) is 18.4 Å². The molecule has 2 heterocycles. The van der Waals surface area contributed by atoms with E-state index in [0.717, 1.165) is 30.8 Å². The molecule has 1 fully saturated rings. The Morgan fingerprint density at radius 1 is 1.11 bits per heavy atom. The lowest BCUT2D eigenvalue weighted by Crippen LogP contribution is -2.35. The van der Waals surface area contributed by atoms with E-state index in [-0.39, 0.29) is 5.56 Å². The van der Waals surface area contributed by atoms with Gasteiger partial charge in [-0.25, -0.2) is 4.98 Å². The molecule has 0 saturated carbocycles. The zero-order valence-corrected chi connectivity index (χ0v) is 15.7. The monoisotopic (exact) mass is 363 g/mol. The molecular weight excluding hydrogens is 338 g/mol. The molecule has 0 spiro atoms. The number of ether oxygens (including phenoxy) is 1. The molecule has 140 valence electrons. The molecule has 0 N–H and O–H groups in total. The summed E-state index contributed by atoms with van der Waals surface area (Å²) in [4.78, 5) is 19.6. The van der Waals surface area contributed by atoms with E-state index in [4.69, 9.17) is 4.74 Å². The molecule has 1 aliphatic heterocycles. The van der Waals surface area contributed by atoms with Crippen LogP contribution in [-0.2, 0) is 13.0 Å². The molecule has 1 saturated heterocycles. The summed E-state index contributed by atoms with van der Waals surface area (Å²) in [6.07, 6.45) is 5.04. The minimum atomic E-state index is 0.0427. The summed E-state index contributed by atoms with van der Waals surface area (Å²) in [6, 6.07) is 16.3. The minimum absolute atomic E-state index is 0.0427. The first-order chi connectivity index (χ1) is 13.3. The van der Waals surface area contributed by atoms with Crippen molar-refractivity contribution in [3.8, 4) is 5.75 Å². The molecule has 1 aliphatic rings. The van der Waals surface area contributed by atoms with E-state index in [2.05, 4.69) is 22.0 Å². The summed E-state index contributed by atoms with van der Waals surface area (Å²) in [5.41, 5.74) is 2.05. The van der Waals surface area contributed by atoms with Gasteiger partial charge >= 0.3 is 0 Å². The number of aromatic nitrogens is 2. The number of likely N-dealkylation sites (tertiary alicyclic amines) is 1. The van der Waals surface area contributed by atoms with Gasteiger partial charge in [0, 0.05) is 19.1 Å². The lowest BCUT2D eigenvalue weighted by molar-refractivity contribution is 0.240. The third kappa shape index (κ3) is 3.74. The number of methoxy groups -OCH3 is 1. The van der Waals surface area contributed by atoms with E-state index in [1.807, 2.05) is 36.4 Å². The Morgan fingerprint density at radius 2 is 1.93 bits per heavy atom. The van der Waals surface area contributed by atoms with Crippen molar-refractivity contribution in [1.29, 1.82) is 0 Å². The summed E-state index contributed by atoms with van der Waals surface area (Å²) < 4.78 is 7.24. The summed E-state index contributed by atoms with van der Waals surface area (Å²) in [6.45, 7) is 2.61. The predicted octanol–water partition coefficient (Wildman–Crippen LogP) is 3.11. The molecule has 3 aromatic rings. The van der Waals surface area contributed by atoms with E-state index >= 15 is 0 Å². The SMILES string of the molecule is COc1ccccc1CC1CCCN1CCn1cnc2ccccc2c1=O. The Labute approximate surface area is 159 Å². The molecule has 4 rings (SSSR count). The third-order valence-electron chi connectivity index (χ3n) is 5.51. The van der Waals surface area contributed by atoms with Crippen LogP contribution in [0.4, 0.5) is 0 Å². The van der Waals surface area contributed by atoms with E-state index in [1.54, 1.807) is 18.0 Å². The van der Waals surface area contributed by atoms with Crippen LogP contribution >= 0.6 is 0 Å². The molecule has 2 aromatic carbocycles. The Kier molecular flexibility index (Phi) is 5.21. The summed E-state index contributed by atoms with van der Waals surface area (Å²) in [5, 5.41) is 0.687. The zero-order valence-electron chi connectivity index (χ0n) is 15.7. The standard InChI is InChI=1S/C22H25N3O2/c1-27-21-11-5-2-7-17(21)15-18-8-6-12-24(18)13-14-25-16-23-20-10-4-3-9-19(20)22(25)26/h2-5,7,9-11,16,18H,6,8,12-15H2,1H3. The van der Waals surface area contributed by atoms with Crippen LogP contribution in [0.3, 0.4) is 0 Å². The van der Waals surface area contributed by atoms with Gasteiger partial charge < -0.3 is 4.74 Å².